The molecule has 5 heteroatoms. The molecule has 2 N–H and O–H groups in total. The molecule has 2 aliphatic rings. The molecule has 20 heavy (non-hydrogen) atoms. The van der Waals surface area contributed by atoms with Crippen molar-refractivity contribution in [2.75, 3.05) is 45.9 Å². The third kappa shape index (κ3) is 4.17. The van der Waals surface area contributed by atoms with Gasteiger partial charge in [-0.05, 0) is 52.2 Å². The van der Waals surface area contributed by atoms with Crippen molar-refractivity contribution >= 4 is 5.91 Å². The van der Waals surface area contributed by atoms with E-state index in [0.29, 0.717) is 5.91 Å². The van der Waals surface area contributed by atoms with Gasteiger partial charge in [0.25, 0.3) is 0 Å². The number of unbranched alkanes of at least 4 members (excludes halogenated alkanes) is 1. The minimum absolute atomic E-state index is 0.0822. The first kappa shape index (κ1) is 15.7. The van der Waals surface area contributed by atoms with Crippen LogP contribution in [0.25, 0.3) is 0 Å². The Morgan fingerprint density at radius 3 is 2.80 bits per heavy atom. The Balaban J connectivity index is 1.78. The van der Waals surface area contributed by atoms with Gasteiger partial charge in [-0.25, -0.2) is 0 Å². The van der Waals surface area contributed by atoms with Crippen molar-refractivity contribution in [3.63, 3.8) is 0 Å². The van der Waals surface area contributed by atoms with Gasteiger partial charge in [0.1, 0.15) is 0 Å². The van der Waals surface area contributed by atoms with E-state index in [-0.39, 0.29) is 12.0 Å². The Labute approximate surface area is 122 Å². The maximum absolute atomic E-state index is 12.5. The normalized spacial score (nSPS) is 28.6. The van der Waals surface area contributed by atoms with E-state index < -0.39 is 0 Å². The first-order valence-corrected chi connectivity index (χ1v) is 8.05. The van der Waals surface area contributed by atoms with Crippen molar-refractivity contribution in [2.45, 2.75) is 38.7 Å². The largest absolute Gasteiger partial charge is 0.378 e. The van der Waals surface area contributed by atoms with Crippen LogP contribution < -0.4 is 5.73 Å². The Morgan fingerprint density at radius 1 is 1.25 bits per heavy atom. The van der Waals surface area contributed by atoms with Gasteiger partial charge in [-0.3, -0.25) is 4.79 Å². The minimum atomic E-state index is 0.0822. The van der Waals surface area contributed by atoms with E-state index in [1.807, 2.05) is 6.92 Å². The molecule has 0 aliphatic carbocycles. The molecular weight excluding hydrogens is 254 g/mol. The lowest BCUT2D eigenvalue weighted by molar-refractivity contribution is -0.136. The summed E-state index contributed by atoms with van der Waals surface area (Å²) in [6.07, 6.45) is 4.31. The summed E-state index contributed by atoms with van der Waals surface area (Å²) in [5.41, 5.74) is 5.54. The van der Waals surface area contributed by atoms with Crippen LogP contribution in [0.5, 0.6) is 0 Å². The number of carbonyl (C=O) groups excluding carboxylic acids is 1. The molecule has 2 fully saturated rings. The van der Waals surface area contributed by atoms with Crippen LogP contribution in [0, 0.1) is 5.92 Å². The Bertz CT molecular complexity index is 311. The van der Waals surface area contributed by atoms with E-state index in [0.717, 1.165) is 71.6 Å². The van der Waals surface area contributed by atoms with Gasteiger partial charge in [0.05, 0.1) is 12.0 Å². The Kier molecular flexibility index (Phi) is 6.26. The molecule has 1 amide bonds. The van der Waals surface area contributed by atoms with Crippen molar-refractivity contribution in [3.8, 4) is 0 Å². The van der Waals surface area contributed by atoms with Crippen molar-refractivity contribution in [1.82, 2.24) is 9.80 Å². The smallest absolute Gasteiger partial charge is 0.228 e. The second-order valence-corrected chi connectivity index (χ2v) is 5.99. The molecule has 2 aliphatic heterocycles. The molecule has 2 saturated heterocycles. The molecular formula is C15H29N3O2. The molecule has 0 aromatic heterocycles. The Hall–Kier alpha value is -0.650. The minimum Gasteiger partial charge on any atom is -0.378 e. The van der Waals surface area contributed by atoms with Gasteiger partial charge in [0.2, 0.25) is 5.91 Å². The van der Waals surface area contributed by atoms with Gasteiger partial charge < -0.3 is 20.3 Å². The van der Waals surface area contributed by atoms with Crippen molar-refractivity contribution in [1.29, 1.82) is 0 Å². The van der Waals surface area contributed by atoms with Crippen LogP contribution in [0.2, 0.25) is 0 Å². The molecule has 0 aromatic rings. The standard InChI is InChI=1S/C15H29N3O2/c1-13-14(5-12-20-13)15(19)18-9-4-8-17(10-11-18)7-3-2-6-16/h13-14H,2-12,16H2,1H3. The fourth-order valence-electron chi connectivity index (χ4n) is 3.19. The lowest BCUT2D eigenvalue weighted by Gasteiger charge is -2.25. The molecule has 0 spiro atoms. The van der Waals surface area contributed by atoms with Gasteiger partial charge in [0, 0.05) is 26.2 Å². The molecule has 2 heterocycles. The number of amides is 1. The molecule has 2 atom stereocenters. The molecule has 0 radical (unpaired) electrons. The zero-order valence-corrected chi connectivity index (χ0v) is 12.7. The van der Waals surface area contributed by atoms with Crippen LogP contribution in [0.4, 0.5) is 0 Å². The van der Waals surface area contributed by atoms with E-state index >= 15 is 0 Å². The van der Waals surface area contributed by atoms with Crippen molar-refractivity contribution in [2.24, 2.45) is 11.7 Å². The number of nitrogens with zero attached hydrogens (tertiary/aromatic N) is 2. The van der Waals surface area contributed by atoms with E-state index in [1.54, 1.807) is 0 Å². The average Bonchev–Trinajstić information content (AvgIpc) is 2.73. The number of hydrogen-bond acceptors (Lipinski definition) is 4. The fourth-order valence-corrected chi connectivity index (χ4v) is 3.19. The van der Waals surface area contributed by atoms with Gasteiger partial charge in [-0.2, -0.15) is 0 Å². The number of nitrogens with two attached hydrogens (primary N) is 1. The SMILES string of the molecule is CC1OCCC1C(=O)N1CCCN(CCCCN)CC1. The summed E-state index contributed by atoms with van der Waals surface area (Å²) in [4.78, 5) is 17.1. The lowest BCUT2D eigenvalue weighted by atomic mass is 10.0. The van der Waals surface area contributed by atoms with Crippen molar-refractivity contribution < 1.29 is 9.53 Å². The molecule has 5 nitrogen and oxygen atoms in total. The third-order valence-electron chi connectivity index (χ3n) is 4.52. The summed E-state index contributed by atoms with van der Waals surface area (Å²) in [7, 11) is 0. The quantitative estimate of drug-likeness (QED) is 0.754. The first-order chi connectivity index (χ1) is 9.72. The third-order valence-corrected chi connectivity index (χ3v) is 4.52. The summed E-state index contributed by atoms with van der Waals surface area (Å²) in [5.74, 6) is 0.387. The summed E-state index contributed by atoms with van der Waals surface area (Å²) >= 11 is 0. The highest BCUT2D eigenvalue weighted by Crippen LogP contribution is 2.23. The average molecular weight is 283 g/mol. The second-order valence-electron chi connectivity index (χ2n) is 5.99. The van der Waals surface area contributed by atoms with E-state index in [4.69, 9.17) is 10.5 Å². The highest BCUT2D eigenvalue weighted by Gasteiger charge is 2.34. The highest BCUT2D eigenvalue weighted by atomic mass is 16.5. The Morgan fingerprint density at radius 2 is 2.10 bits per heavy atom. The molecule has 0 bridgehead atoms. The van der Waals surface area contributed by atoms with Gasteiger partial charge >= 0.3 is 0 Å². The summed E-state index contributed by atoms with van der Waals surface area (Å²) < 4.78 is 5.53. The maximum Gasteiger partial charge on any atom is 0.228 e. The van der Waals surface area contributed by atoms with Gasteiger partial charge in [-0.1, -0.05) is 0 Å². The lowest BCUT2D eigenvalue weighted by Crippen LogP contribution is -2.41. The second kappa shape index (κ2) is 7.96. The molecule has 0 aromatic carbocycles. The summed E-state index contributed by atoms with van der Waals surface area (Å²) in [5, 5.41) is 0. The number of carbonyl (C=O) groups is 1. The van der Waals surface area contributed by atoms with Crippen LogP contribution in [0.15, 0.2) is 0 Å². The van der Waals surface area contributed by atoms with Gasteiger partial charge in [0.15, 0.2) is 0 Å². The van der Waals surface area contributed by atoms with Crippen molar-refractivity contribution in [3.05, 3.63) is 0 Å². The van der Waals surface area contributed by atoms with Crippen LogP contribution >= 0.6 is 0 Å². The summed E-state index contributed by atoms with van der Waals surface area (Å²) in [6, 6.07) is 0. The number of rotatable bonds is 5. The topological polar surface area (TPSA) is 58.8 Å². The van der Waals surface area contributed by atoms with Crippen LogP contribution in [0.1, 0.15) is 32.6 Å². The van der Waals surface area contributed by atoms with Crippen LogP contribution in [0.3, 0.4) is 0 Å². The molecule has 0 saturated carbocycles. The van der Waals surface area contributed by atoms with E-state index in [9.17, 15) is 4.79 Å². The van der Waals surface area contributed by atoms with Crippen LogP contribution in [-0.2, 0) is 9.53 Å². The number of hydrogen-bond donors (Lipinski definition) is 1. The van der Waals surface area contributed by atoms with Gasteiger partial charge in [-0.15, -0.1) is 0 Å². The maximum atomic E-state index is 12.5. The zero-order chi connectivity index (χ0) is 14.4. The monoisotopic (exact) mass is 283 g/mol. The van der Waals surface area contributed by atoms with Crippen LogP contribution in [-0.4, -0.2) is 67.7 Å². The molecule has 116 valence electrons. The predicted octanol–water partition coefficient (Wildman–Crippen LogP) is 0.685. The zero-order valence-electron chi connectivity index (χ0n) is 12.7. The fraction of sp³-hybridized carbons (Fsp3) is 0.933. The molecule has 2 rings (SSSR count). The summed E-state index contributed by atoms with van der Waals surface area (Å²) in [6.45, 7) is 8.51. The van der Waals surface area contributed by atoms with E-state index in [1.165, 1.54) is 0 Å². The first-order valence-electron chi connectivity index (χ1n) is 8.05. The molecule has 2 unspecified atom stereocenters. The highest BCUT2D eigenvalue weighted by molar-refractivity contribution is 5.79. The predicted molar refractivity (Wildman–Crippen MR) is 79.4 cm³/mol. The van der Waals surface area contributed by atoms with E-state index in [2.05, 4.69) is 9.80 Å². The number of ether oxygens (including phenoxy) is 1.